The molecule has 0 bridgehead atoms. The van der Waals surface area contributed by atoms with Crippen LogP contribution in [-0.2, 0) is 0 Å². The van der Waals surface area contributed by atoms with E-state index in [0.29, 0.717) is 5.56 Å². The highest BCUT2D eigenvalue weighted by molar-refractivity contribution is 5.95. The number of piperidine rings is 1. The van der Waals surface area contributed by atoms with E-state index >= 15 is 0 Å². The molecule has 1 aliphatic rings. The first-order valence-corrected chi connectivity index (χ1v) is 8.88. The van der Waals surface area contributed by atoms with Gasteiger partial charge in [-0.3, -0.25) is 9.89 Å². The van der Waals surface area contributed by atoms with Crippen LogP contribution in [-0.4, -0.2) is 27.5 Å². The Kier molecular flexibility index (Phi) is 4.52. The molecule has 1 atom stereocenters. The lowest BCUT2D eigenvalue weighted by atomic mass is 9.94. The van der Waals surface area contributed by atoms with Crippen molar-refractivity contribution in [1.82, 2.24) is 15.1 Å². The first-order chi connectivity index (χ1) is 12.7. The van der Waals surface area contributed by atoms with Crippen molar-refractivity contribution < 1.29 is 9.18 Å². The summed E-state index contributed by atoms with van der Waals surface area (Å²) in [5.74, 6) is -0.230. The van der Waals surface area contributed by atoms with Crippen molar-refractivity contribution >= 4 is 5.91 Å². The van der Waals surface area contributed by atoms with Crippen LogP contribution in [0.15, 0.2) is 60.8 Å². The van der Waals surface area contributed by atoms with Gasteiger partial charge in [0.2, 0.25) is 0 Å². The minimum atomic E-state index is -0.253. The van der Waals surface area contributed by atoms with E-state index in [1.807, 2.05) is 35.2 Å². The fraction of sp³-hybridized carbons (Fsp3) is 0.238. The van der Waals surface area contributed by atoms with Crippen LogP contribution in [0.5, 0.6) is 0 Å². The molecule has 4 nitrogen and oxygen atoms in total. The minimum absolute atomic E-state index is 0.00383. The fourth-order valence-electron chi connectivity index (χ4n) is 3.58. The lowest BCUT2D eigenvalue weighted by Crippen LogP contribution is -2.38. The normalized spacial score (nSPS) is 17.3. The Morgan fingerprint density at radius 2 is 1.81 bits per heavy atom. The Morgan fingerprint density at radius 3 is 2.50 bits per heavy atom. The largest absolute Gasteiger partial charge is 0.332 e. The maximum absolute atomic E-state index is 13.2. The van der Waals surface area contributed by atoms with Crippen LogP contribution in [0.1, 0.15) is 41.2 Å². The molecule has 1 N–H and O–H groups in total. The quantitative estimate of drug-likeness (QED) is 0.752. The maximum Gasteiger partial charge on any atom is 0.254 e. The summed E-state index contributed by atoms with van der Waals surface area (Å²) >= 11 is 0. The lowest BCUT2D eigenvalue weighted by Gasteiger charge is -2.36. The Bertz CT molecular complexity index is 873. The minimum Gasteiger partial charge on any atom is -0.332 e. The average Bonchev–Trinajstić information content (AvgIpc) is 3.23. The molecule has 132 valence electrons. The molecular weight excluding hydrogens is 329 g/mol. The Hall–Kier alpha value is -2.95. The van der Waals surface area contributed by atoms with Gasteiger partial charge in [-0.05, 0) is 60.7 Å². The van der Waals surface area contributed by atoms with Gasteiger partial charge in [0.25, 0.3) is 5.91 Å². The van der Waals surface area contributed by atoms with Crippen molar-refractivity contribution in [2.45, 2.75) is 25.3 Å². The summed E-state index contributed by atoms with van der Waals surface area (Å²) in [6.07, 6.45) is 4.68. The Morgan fingerprint density at radius 1 is 1.04 bits per heavy atom. The van der Waals surface area contributed by atoms with E-state index in [4.69, 9.17) is 0 Å². The number of rotatable bonds is 3. The van der Waals surface area contributed by atoms with Gasteiger partial charge in [-0.2, -0.15) is 5.10 Å². The van der Waals surface area contributed by atoms with Gasteiger partial charge in [-0.15, -0.1) is 0 Å². The van der Waals surface area contributed by atoms with Crippen LogP contribution in [0.2, 0.25) is 0 Å². The highest BCUT2D eigenvalue weighted by atomic mass is 19.1. The van der Waals surface area contributed by atoms with Crippen molar-refractivity contribution in [3.05, 3.63) is 77.7 Å². The number of hydrogen-bond acceptors (Lipinski definition) is 2. The second-order valence-corrected chi connectivity index (χ2v) is 6.61. The van der Waals surface area contributed by atoms with Gasteiger partial charge in [0.1, 0.15) is 5.82 Å². The van der Waals surface area contributed by atoms with Crippen LogP contribution < -0.4 is 0 Å². The maximum atomic E-state index is 13.2. The van der Waals surface area contributed by atoms with E-state index < -0.39 is 0 Å². The first kappa shape index (κ1) is 16.5. The van der Waals surface area contributed by atoms with E-state index in [1.165, 1.54) is 12.1 Å². The molecule has 0 spiro atoms. The molecule has 1 aliphatic heterocycles. The number of benzene rings is 2. The summed E-state index contributed by atoms with van der Waals surface area (Å²) < 4.78 is 13.2. The van der Waals surface area contributed by atoms with Crippen molar-refractivity contribution in [1.29, 1.82) is 0 Å². The zero-order valence-corrected chi connectivity index (χ0v) is 14.4. The summed E-state index contributed by atoms with van der Waals surface area (Å²) in [7, 11) is 0. The second-order valence-electron chi connectivity index (χ2n) is 6.61. The number of nitrogens with zero attached hydrogens (tertiary/aromatic N) is 2. The second kappa shape index (κ2) is 7.12. The predicted octanol–water partition coefficient (Wildman–Crippen LogP) is 4.58. The van der Waals surface area contributed by atoms with Gasteiger partial charge in [0.15, 0.2) is 0 Å². The van der Waals surface area contributed by atoms with E-state index in [9.17, 15) is 9.18 Å². The Balaban J connectivity index is 1.58. The van der Waals surface area contributed by atoms with E-state index in [1.54, 1.807) is 18.3 Å². The van der Waals surface area contributed by atoms with Gasteiger partial charge in [0.05, 0.1) is 11.7 Å². The summed E-state index contributed by atoms with van der Waals surface area (Å²) in [6.45, 7) is 0.725. The molecule has 4 rings (SSSR count). The summed E-state index contributed by atoms with van der Waals surface area (Å²) in [4.78, 5) is 15.0. The van der Waals surface area contributed by atoms with Gasteiger partial charge in [0, 0.05) is 18.3 Å². The molecule has 0 radical (unpaired) electrons. The summed E-state index contributed by atoms with van der Waals surface area (Å²) in [6, 6.07) is 16.0. The number of nitrogens with one attached hydrogen (secondary N) is 1. The van der Waals surface area contributed by atoms with Crippen LogP contribution >= 0.6 is 0 Å². The molecule has 0 saturated carbocycles. The number of H-pyrrole nitrogens is 1. The average molecular weight is 349 g/mol. The molecule has 1 amide bonds. The smallest absolute Gasteiger partial charge is 0.254 e. The number of aromatic nitrogens is 2. The molecule has 1 saturated heterocycles. The summed E-state index contributed by atoms with van der Waals surface area (Å²) in [5, 5.41) is 6.87. The monoisotopic (exact) mass is 349 g/mol. The number of likely N-dealkylation sites (tertiary alicyclic amines) is 1. The molecule has 1 aromatic heterocycles. The van der Waals surface area contributed by atoms with Crippen LogP contribution in [0.4, 0.5) is 4.39 Å². The van der Waals surface area contributed by atoms with Crippen LogP contribution in [0.25, 0.3) is 11.3 Å². The number of halogens is 1. The third-order valence-corrected chi connectivity index (χ3v) is 4.96. The van der Waals surface area contributed by atoms with Gasteiger partial charge in [-0.1, -0.05) is 24.3 Å². The molecule has 2 aromatic carbocycles. The standard InChI is InChI=1S/C21H20FN3O/c22-18-10-8-16(9-11-18)20-3-1-2-14-25(20)21(26)17-6-4-15(5-7-17)19-12-13-23-24-19/h4-13,20H,1-3,14H2,(H,23,24)/t20-/m1/s1. The molecule has 1 fully saturated rings. The summed E-state index contributed by atoms with van der Waals surface area (Å²) in [5.41, 5.74) is 3.58. The third kappa shape index (κ3) is 3.25. The Labute approximate surface area is 151 Å². The third-order valence-electron chi connectivity index (χ3n) is 4.96. The SMILES string of the molecule is O=C(c1ccc(-c2ccn[nH]2)cc1)N1CCCC[C@@H]1c1ccc(F)cc1. The topological polar surface area (TPSA) is 49.0 Å². The molecule has 2 heterocycles. The first-order valence-electron chi connectivity index (χ1n) is 8.88. The number of amides is 1. The van der Waals surface area contributed by atoms with E-state index in [-0.39, 0.29) is 17.8 Å². The highest BCUT2D eigenvalue weighted by Gasteiger charge is 2.28. The molecule has 0 unspecified atom stereocenters. The predicted molar refractivity (Wildman–Crippen MR) is 98.1 cm³/mol. The van der Waals surface area contributed by atoms with Crippen molar-refractivity contribution in [3.8, 4) is 11.3 Å². The van der Waals surface area contributed by atoms with Crippen molar-refractivity contribution in [2.24, 2.45) is 0 Å². The number of carbonyl (C=O) groups is 1. The van der Waals surface area contributed by atoms with E-state index in [0.717, 1.165) is 42.6 Å². The highest BCUT2D eigenvalue weighted by Crippen LogP contribution is 2.32. The van der Waals surface area contributed by atoms with Crippen molar-refractivity contribution in [2.75, 3.05) is 6.54 Å². The van der Waals surface area contributed by atoms with Crippen LogP contribution in [0, 0.1) is 5.82 Å². The molecule has 0 aliphatic carbocycles. The van der Waals surface area contributed by atoms with Gasteiger partial charge >= 0.3 is 0 Å². The number of aromatic amines is 1. The van der Waals surface area contributed by atoms with E-state index in [2.05, 4.69) is 10.2 Å². The zero-order valence-electron chi connectivity index (χ0n) is 14.4. The zero-order chi connectivity index (χ0) is 17.9. The van der Waals surface area contributed by atoms with Gasteiger partial charge in [-0.25, -0.2) is 4.39 Å². The van der Waals surface area contributed by atoms with Crippen molar-refractivity contribution in [3.63, 3.8) is 0 Å². The van der Waals surface area contributed by atoms with Gasteiger partial charge < -0.3 is 4.90 Å². The molecule has 3 aromatic rings. The molecule has 5 heteroatoms. The number of hydrogen-bond donors (Lipinski definition) is 1. The lowest BCUT2D eigenvalue weighted by molar-refractivity contribution is 0.0611. The van der Waals surface area contributed by atoms with Crippen LogP contribution in [0.3, 0.4) is 0 Å². The fourth-order valence-corrected chi connectivity index (χ4v) is 3.58. The number of carbonyl (C=O) groups excluding carboxylic acids is 1. The molecular formula is C21H20FN3O. The molecule has 26 heavy (non-hydrogen) atoms.